The van der Waals surface area contributed by atoms with E-state index in [0.29, 0.717) is 19.5 Å². The Morgan fingerprint density at radius 3 is 2.92 bits per heavy atom. The second kappa shape index (κ2) is 2.98. The SMILES string of the molecule is [2H]C([2H])([2H])N1CCCC2(CC1)OC=CO2. The Hall–Kier alpha value is -0.700. The van der Waals surface area contributed by atoms with Crippen molar-refractivity contribution in [2.24, 2.45) is 0 Å². The van der Waals surface area contributed by atoms with E-state index in [9.17, 15) is 0 Å². The number of hydrogen-bond acceptors (Lipinski definition) is 3. The van der Waals surface area contributed by atoms with Crippen LogP contribution >= 0.6 is 0 Å². The molecule has 0 aliphatic carbocycles. The molecule has 0 aromatic heterocycles. The minimum Gasteiger partial charge on any atom is -0.457 e. The number of likely N-dealkylation sites (tertiary alicyclic amines) is 1. The molecule has 1 spiro atoms. The number of rotatable bonds is 0. The third-order valence-corrected chi connectivity index (χ3v) is 2.37. The summed E-state index contributed by atoms with van der Waals surface area (Å²) in [6.45, 7) is -0.944. The fraction of sp³-hybridized carbons (Fsp3) is 0.778. The Labute approximate surface area is 77.2 Å². The summed E-state index contributed by atoms with van der Waals surface area (Å²) in [6, 6.07) is 0. The number of hydrogen-bond donors (Lipinski definition) is 0. The maximum atomic E-state index is 7.34. The first-order chi connectivity index (χ1) is 7.02. The standard InChI is InChI=1S/C9H15NO2/c1-10-5-2-3-9(4-6-10)11-7-8-12-9/h7-8H,2-6H2,1H3/i1D3. The molecule has 68 valence electrons. The molecular weight excluding hydrogens is 154 g/mol. The van der Waals surface area contributed by atoms with Crippen LogP contribution in [-0.4, -0.2) is 30.8 Å². The Bertz CT molecular complexity index is 257. The predicted molar refractivity (Wildman–Crippen MR) is 45.4 cm³/mol. The zero-order valence-electron chi connectivity index (χ0n) is 9.95. The molecule has 0 radical (unpaired) electrons. The second-order valence-corrected chi connectivity index (χ2v) is 3.26. The van der Waals surface area contributed by atoms with Gasteiger partial charge in [0.1, 0.15) is 12.5 Å². The van der Waals surface area contributed by atoms with Gasteiger partial charge in [-0.25, -0.2) is 0 Å². The van der Waals surface area contributed by atoms with Gasteiger partial charge in [-0.3, -0.25) is 0 Å². The van der Waals surface area contributed by atoms with Gasteiger partial charge in [-0.05, 0) is 19.9 Å². The molecule has 0 aromatic carbocycles. The Morgan fingerprint density at radius 1 is 1.33 bits per heavy atom. The molecule has 1 saturated heterocycles. The van der Waals surface area contributed by atoms with Crippen LogP contribution in [0.4, 0.5) is 0 Å². The predicted octanol–water partition coefficient (Wildman–Crippen LogP) is 1.32. The van der Waals surface area contributed by atoms with Crippen molar-refractivity contribution >= 4 is 0 Å². The largest absolute Gasteiger partial charge is 0.457 e. The highest BCUT2D eigenvalue weighted by Crippen LogP contribution is 2.31. The van der Waals surface area contributed by atoms with Crippen LogP contribution in [0.25, 0.3) is 0 Å². The first-order valence-electron chi connectivity index (χ1n) is 5.78. The lowest BCUT2D eigenvalue weighted by atomic mass is 10.1. The van der Waals surface area contributed by atoms with Crippen molar-refractivity contribution in [1.29, 1.82) is 0 Å². The van der Waals surface area contributed by atoms with E-state index in [0.717, 1.165) is 12.8 Å². The fourth-order valence-electron chi connectivity index (χ4n) is 1.65. The summed E-state index contributed by atoms with van der Waals surface area (Å²) < 4.78 is 32.9. The van der Waals surface area contributed by atoms with Crippen LogP contribution in [0.5, 0.6) is 0 Å². The maximum absolute atomic E-state index is 7.34. The van der Waals surface area contributed by atoms with Gasteiger partial charge in [0, 0.05) is 23.5 Å². The molecule has 2 heterocycles. The van der Waals surface area contributed by atoms with Crippen molar-refractivity contribution in [3.8, 4) is 0 Å². The van der Waals surface area contributed by atoms with Crippen LogP contribution in [0.3, 0.4) is 0 Å². The summed E-state index contributed by atoms with van der Waals surface area (Å²) in [5.74, 6) is -0.597. The fourth-order valence-corrected chi connectivity index (χ4v) is 1.65. The average Bonchev–Trinajstić information content (AvgIpc) is 2.45. The molecule has 12 heavy (non-hydrogen) atoms. The molecule has 0 atom stereocenters. The summed E-state index contributed by atoms with van der Waals surface area (Å²) in [5.41, 5.74) is 0. The molecule has 0 amide bonds. The molecular formula is C9H15NO2. The lowest BCUT2D eigenvalue weighted by Gasteiger charge is -2.25. The monoisotopic (exact) mass is 172 g/mol. The van der Waals surface area contributed by atoms with Gasteiger partial charge in [0.25, 0.3) is 5.79 Å². The van der Waals surface area contributed by atoms with E-state index in [1.165, 1.54) is 17.4 Å². The lowest BCUT2D eigenvalue weighted by molar-refractivity contribution is -0.148. The summed E-state index contributed by atoms with van der Waals surface area (Å²) >= 11 is 0. The highest BCUT2D eigenvalue weighted by atomic mass is 16.7. The Kier molecular flexibility index (Phi) is 1.27. The molecule has 1 fully saturated rings. The number of ether oxygens (including phenoxy) is 2. The quantitative estimate of drug-likeness (QED) is 0.550. The van der Waals surface area contributed by atoms with Crippen molar-refractivity contribution in [2.45, 2.75) is 25.0 Å². The molecule has 2 rings (SSSR count). The van der Waals surface area contributed by atoms with E-state index in [4.69, 9.17) is 13.6 Å². The van der Waals surface area contributed by atoms with Crippen LogP contribution in [0.15, 0.2) is 12.5 Å². The first-order valence-corrected chi connectivity index (χ1v) is 4.28. The van der Waals surface area contributed by atoms with Gasteiger partial charge in [-0.15, -0.1) is 0 Å². The summed E-state index contributed by atoms with van der Waals surface area (Å²) in [7, 11) is 0. The van der Waals surface area contributed by atoms with E-state index in [-0.39, 0.29) is 0 Å². The molecule has 2 aliphatic heterocycles. The number of nitrogens with zero attached hydrogens (tertiary/aromatic N) is 1. The van der Waals surface area contributed by atoms with Gasteiger partial charge in [-0.1, -0.05) is 0 Å². The molecule has 0 unspecified atom stereocenters. The first kappa shape index (κ1) is 5.12. The summed E-state index contributed by atoms with van der Waals surface area (Å²) in [6.07, 6.45) is 5.18. The van der Waals surface area contributed by atoms with Crippen LogP contribution in [0, 0.1) is 0 Å². The van der Waals surface area contributed by atoms with Gasteiger partial charge >= 0.3 is 0 Å². The van der Waals surface area contributed by atoms with Crippen molar-refractivity contribution < 1.29 is 13.6 Å². The van der Waals surface area contributed by atoms with Crippen molar-refractivity contribution in [3.05, 3.63) is 12.5 Å². The molecule has 0 bridgehead atoms. The molecule has 0 saturated carbocycles. The molecule has 3 nitrogen and oxygen atoms in total. The van der Waals surface area contributed by atoms with E-state index in [1.807, 2.05) is 0 Å². The van der Waals surface area contributed by atoms with Crippen molar-refractivity contribution in [3.63, 3.8) is 0 Å². The third kappa shape index (κ3) is 1.41. The van der Waals surface area contributed by atoms with E-state index in [1.54, 1.807) is 0 Å². The van der Waals surface area contributed by atoms with Crippen LogP contribution in [0.2, 0.25) is 0 Å². The minimum atomic E-state index is -2.00. The molecule has 0 aromatic rings. The van der Waals surface area contributed by atoms with Crippen LogP contribution in [-0.2, 0) is 9.47 Å². The molecule has 3 heteroatoms. The van der Waals surface area contributed by atoms with Gasteiger partial charge < -0.3 is 14.4 Å². The molecule has 2 aliphatic rings. The highest BCUT2D eigenvalue weighted by Gasteiger charge is 2.36. The summed E-state index contributed by atoms with van der Waals surface area (Å²) in [5, 5.41) is 0. The zero-order chi connectivity index (χ0) is 10.9. The average molecular weight is 172 g/mol. The van der Waals surface area contributed by atoms with Gasteiger partial charge in [0.15, 0.2) is 0 Å². The van der Waals surface area contributed by atoms with Gasteiger partial charge in [0.2, 0.25) is 0 Å². The van der Waals surface area contributed by atoms with Crippen molar-refractivity contribution in [2.75, 3.05) is 20.1 Å². The second-order valence-electron chi connectivity index (χ2n) is 3.26. The van der Waals surface area contributed by atoms with Gasteiger partial charge in [-0.2, -0.15) is 0 Å². The summed E-state index contributed by atoms with van der Waals surface area (Å²) in [4.78, 5) is 1.51. The molecule has 0 N–H and O–H groups in total. The smallest absolute Gasteiger partial charge is 0.251 e. The van der Waals surface area contributed by atoms with E-state index >= 15 is 0 Å². The highest BCUT2D eigenvalue weighted by molar-refractivity contribution is 4.86. The lowest BCUT2D eigenvalue weighted by Crippen LogP contribution is -2.31. The Morgan fingerprint density at radius 2 is 2.17 bits per heavy atom. The topological polar surface area (TPSA) is 21.7 Å². The Balaban J connectivity index is 1.98. The zero-order valence-corrected chi connectivity index (χ0v) is 6.95. The van der Waals surface area contributed by atoms with Crippen LogP contribution < -0.4 is 0 Å². The van der Waals surface area contributed by atoms with Crippen LogP contribution in [0.1, 0.15) is 23.4 Å². The third-order valence-electron chi connectivity index (χ3n) is 2.37. The normalized spacial score (nSPS) is 32.8. The van der Waals surface area contributed by atoms with Crippen molar-refractivity contribution in [1.82, 2.24) is 4.90 Å². The minimum absolute atomic E-state index is 0.484. The maximum Gasteiger partial charge on any atom is 0.251 e. The van der Waals surface area contributed by atoms with Gasteiger partial charge in [0.05, 0.1) is 0 Å². The van der Waals surface area contributed by atoms with E-state index in [2.05, 4.69) is 0 Å². The van der Waals surface area contributed by atoms with E-state index < -0.39 is 12.8 Å².